The van der Waals surface area contributed by atoms with E-state index in [1.165, 1.54) is 6.07 Å². The maximum absolute atomic E-state index is 13.0. The Morgan fingerprint density at radius 2 is 2.19 bits per heavy atom. The first-order valence-electron chi connectivity index (χ1n) is 5.22. The van der Waals surface area contributed by atoms with E-state index in [2.05, 4.69) is 5.32 Å². The topological polar surface area (TPSA) is 32.3 Å². The molecule has 0 saturated heterocycles. The average molecular weight is 224 g/mol. The number of carbonyl (C=O) groups excluding carboxylic acids is 1. The Labute approximate surface area is 95.3 Å². The van der Waals surface area contributed by atoms with Gasteiger partial charge in [0.15, 0.2) is 0 Å². The molecule has 1 N–H and O–H groups in total. The zero-order valence-electron chi connectivity index (χ0n) is 9.88. The van der Waals surface area contributed by atoms with Gasteiger partial charge in [0.1, 0.15) is 5.82 Å². The van der Waals surface area contributed by atoms with Crippen LogP contribution in [0.1, 0.15) is 11.1 Å². The lowest BCUT2D eigenvalue weighted by Crippen LogP contribution is -2.36. The van der Waals surface area contributed by atoms with E-state index in [0.717, 1.165) is 12.0 Å². The molecule has 0 unspecified atom stereocenters. The van der Waals surface area contributed by atoms with Crippen molar-refractivity contribution in [3.63, 3.8) is 0 Å². The SMILES string of the molecule is CNC(=O)N(C)CCc1ccc(F)c(C)c1. The molecule has 0 aliphatic carbocycles. The number of nitrogens with zero attached hydrogens (tertiary/aromatic N) is 1. The molecule has 0 saturated carbocycles. The molecule has 0 atom stereocenters. The Morgan fingerprint density at radius 3 is 2.75 bits per heavy atom. The van der Waals surface area contributed by atoms with Crippen LogP contribution in [0.2, 0.25) is 0 Å². The third-order valence-corrected chi connectivity index (χ3v) is 2.52. The first-order chi connectivity index (χ1) is 7.54. The quantitative estimate of drug-likeness (QED) is 0.836. The lowest BCUT2D eigenvalue weighted by molar-refractivity contribution is 0.211. The molecule has 2 amide bonds. The van der Waals surface area contributed by atoms with Crippen LogP contribution in [-0.4, -0.2) is 31.6 Å². The molecule has 0 aliphatic heterocycles. The fourth-order valence-electron chi connectivity index (χ4n) is 1.45. The van der Waals surface area contributed by atoms with Crippen LogP contribution in [0.25, 0.3) is 0 Å². The van der Waals surface area contributed by atoms with Crippen molar-refractivity contribution < 1.29 is 9.18 Å². The fourth-order valence-corrected chi connectivity index (χ4v) is 1.45. The molecule has 0 aromatic heterocycles. The van der Waals surface area contributed by atoms with Crippen LogP contribution < -0.4 is 5.32 Å². The number of rotatable bonds is 3. The van der Waals surface area contributed by atoms with Gasteiger partial charge in [0.25, 0.3) is 0 Å². The maximum atomic E-state index is 13.0. The van der Waals surface area contributed by atoms with Crippen LogP contribution in [0.5, 0.6) is 0 Å². The van der Waals surface area contributed by atoms with E-state index in [0.29, 0.717) is 12.1 Å². The van der Waals surface area contributed by atoms with Gasteiger partial charge in [-0.05, 0) is 30.5 Å². The number of carbonyl (C=O) groups is 1. The fraction of sp³-hybridized carbons (Fsp3) is 0.417. The highest BCUT2D eigenvalue weighted by molar-refractivity contribution is 5.73. The zero-order chi connectivity index (χ0) is 12.1. The van der Waals surface area contributed by atoms with E-state index in [-0.39, 0.29) is 11.8 Å². The molecule has 0 fully saturated rings. The number of halogens is 1. The van der Waals surface area contributed by atoms with Gasteiger partial charge in [-0.2, -0.15) is 0 Å². The molecule has 1 aromatic rings. The number of aryl methyl sites for hydroxylation is 1. The van der Waals surface area contributed by atoms with Gasteiger partial charge < -0.3 is 10.2 Å². The van der Waals surface area contributed by atoms with Crippen molar-refractivity contribution in [1.82, 2.24) is 10.2 Å². The van der Waals surface area contributed by atoms with Crippen molar-refractivity contribution in [2.45, 2.75) is 13.3 Å². The monoisotopic (exact) mass is 224 g/mol. The second-order valence-electron chi connectivity index (χ2n) is 3.81. The number of hydrogen-bond donors (Lipinski definition) is 1. The summed E-state index contributed by atoms with van der Waals surface area (Å²) in [5.41, 5.74) is 1.68. The van der Waals surface area contributed by atoms with Crippen molar-refractivity contribution in [2.75, 3.05) is 20.6 Å². The molecular weight excluding hydrogens is 207 g/mol. The smallest absolute Gasteiger partial charge is 0.316 e. The van der Waals surface area contributed by atoms with E-state index < -0.39 is 0 Å². The summed E-state index contributed by atoms with van der Waals surface area (Å²) >= 11 is 0. The van der Waals surface area contributed by atoms with Gasteiger partial charge in [-0.3, -0.25) is 0 Å². The van der Waals surface area contributed by atoms with E-state index in [1.807, 2.05) is 6.07 Å². The molecule has 16 heavy (non-hydrogen) atoms. The summed E-state index contributed by atoms with van der Waals surface area (Å²) < 4.78 is 13.0. The minimum atomic E-state index is -0.191. The Bertz CT molecular complexity index is 379. The van der Waals surface area contributed by atoms with Gasteiger partial charge in [-0.15, -0.1) is 0 Å². The summed E-state index contributed by atoms with van der Waals surface area (Å²) in [6.07, 6.45) is 0.727. The summed E-state index contributed by atoms with van der Waals surface area (Å²) in [5, 5.41) is 2.55. The third-order valence-electron chi connectivity index (χ3n) is 2.52. The largest absolute Gasteiger partial charge is 0.341 e. The summed E-state index contributed by atoms with van der Waals surface area (Å²) in [7, 11) is 3.33. The lowest BCUT2D eigenvalue weighted by atomic mass is 10.1. The van der Waals surface area contributed by atoms with Crippen LogP contribution in [0.4, 0.5) is 9.18 Å². The van der Waals surface area contributed by atoms with E-state index in [1.54, 1.807) is 32.0 Å². The molecule has 1 rings (SSSR count). The van der Waals surface area contributed by atoms with Crippen molar-refractivity contribution in [3.05, 3.63) is 35.1 Å². The molecule has 3 nitrogen and oxygen atoms in total. The van der Waals surface area contributed by atoms with Gasteiger partial charge >= 0.3 is 6.03 Å². The van der Waals surface area contributed by atoms with Crippen LogP contribution >= 0.6 is 0 Å². The molecule has 0 bridgehead atoms. The second-order valence-corrected chi connectivity index (χ2v) is 3.81. The molecule has 88 valence electrons. The number of benzene rings is 1. The summed E-state index contributed by atoms with van der Waals surface area (Å²) in [5.74, 6) is -0.191. The highest BCUT2D eigenvalue weighted by Gasteiger charge is 2.06. The number of likely N-dealkylation sites (N-methyl/N-ethyl adjacent to an activating group) is 1. The van der Waals surface area contributed by atoms with Gasteiger partial charge in [0.05, 0.1) is 0 Å². The summed E-state index contributed by atoms with van der Waals surface area (Å²) in [6.45, 7) is 2.35. The lowest BCUT2D eigenvalue weighted by Gasteiger charge is -2.16. The van der Waals surface area contributed by atoms with Crippen LogP contribution in [-0.2, 0) is 6.42 Å². The minimum absolute atomic E-state index is 0.112. The Hall–Kier alpha value is -1.58. The predicted octanol–water partition coefficient (Wildman–Crippen LogP) is 1.95. The molecule has 4 heteroatoms. The minimum Gasteiger partial charge on any atom is -0.341 e. The molecule has 0 radical (unpaired) electrons. The predicted molar refractivity (Wildman–Crippen MR) is 61.9 cm³/mol. The van der Waals surface area contributed by atoms with Gasteiger partial charge in [-0.25, -0.2) is 9.18 Å². The summed E-state index contributed by atoms with van der Waals surface area (Å²) in [6, 6.07) is 4.91. The maximum Gasteiger partial charge on any atom is 0.316 e. The first kappa shape index (κ1) is 12.5. The van der Waals surface area contributed by atoms with Crippen molar-refractivity contribution in [2.24, 2.45) is 0 Å². The van der Waals surface area contributed by atoms with Gasteiger partial charge in [-0.1, -0.05) is 12.1 Å². The number of amides is 2. The number of hydrogen-bond acceptors (Lipinski definition) is 1. The van der Waals surface area contributed by atoms with Crippen molar-refractivity contribution in [1.29, 1.82) is 0 Å². The molecule has 0 heterocycles. The van der Waals surface area contributed by atoms with Gasteiger partial charge in [0.2, 0.25) is 0 Å². The average Bonchev–Trinajstić information content (AvgIpc) is 2.29. The number of urea groups is 1. The van der Waals surface area contributed by atoms with E-state index in [9.17, 15) is 9.18 Å². The van der Waals surface area contributed by atoms with Crippen LogP contribution in [0.3, 0.4) is 0 Å². The normalized spacial score (nSPS) is 10.0. The Balaban J connectivity index is 2.55. The Kier molecular flexibility index (Phi) is 4.28. The first-order valence-corrected chi connectivity index (χ1v) is 5.22. The van der Waals surface area contributed by atoms with Crippen molar-refractivity contribution >= 4 is 6.03 Å². The highest BCUT2D eigenvalue weighted by Crippen LogP contribution is 2.09. The highest BCUT2D eigenvalue weighted by atomic mass is 19.1. The van der Waals surface area contributed by atoms with E-state index in [4.69, 9.17) is 0 Å². The zero-order valence-corrected chi connectivity index (χ0v) is 9.88. The van der Waals surface area contributed by atoms with Gasteiger partial charge in [0, 0.05) is 20.6 Å². The third kappa shape index (κ3) is 3.22. The van der Waals surface area contributed by atoms with Crippen molar-refractivity contribution in [3.8, 4) is 0 Å². The molecular formula is C12H17FN2O. The molecule has 1 aromatic carbocycles. The van der Waals surface area contributed by atoms with Crippen LogP contribution in [0.15, 0.2) is 18.2 Å². The Morgan fingerprint density at radius 1 is 1.50 bits per heavy atom. The number of nitrogens with one attached hydrogen (secondary N) is 1. The molecule has 0 spiro atoms. The standard InChI is InChI=1S/C12H17FN2O/c1-9-8-10(4-5-11(9)13)6-7-15(3)12(16)14-2/h4-5,8H,6-7H2,1-3H3,(H,14,16). The molecule has 0 aliphatic rings. The van der Waals surface area contributed by atoms with E-state index >= 15 is 0 Å². The van der Waals surface area contributed by atoms with Crippen LogP contribution in [0, 0.1) is 12.7 Å². The second kappa shape index (κ2) is 5.49. The summed E-state index contributed by atoms with van der Waals surface area (Å²) in [4.78, 5) is 12.8.